The van der Waals surface area contributed by atoms with E-state index in [-0.39, 0.29) is 18.2 Å². The van der Waals surface area contributed by atoms with Gasteiger partial charge in [-0.2, -0.15) is 0 Å². The Labute approximate surface area is 130 Å². The summed E-state index contributed by atoms with van der Waals surface area (Å²) in [7, 11) is 0. The summed E-state index contributed by atoms with van der Waals surface area (Å²) in [5.41, 5.74) is 3.74. The van der Waals surface area contributed by atoms with Gasteiger partial charge in [-0.1, -0.05) is 42.5 Å². The van der Waals surface area contributed by atoms with E-state index in [0.29, 0.717) is 0 Å². The van der Waals surface area contributed by atoms with Gasteiger partial charge in [0, 0.05) is 10.9 Å². The number of para-hydroxylation sites is 2. The molecular formula is C18H16ClNO. The number of aromatic nitrogens is 1. The maximum absolute atomic E-state index is 9.81. The van der Waals surface area contributed by atoms with Gasteiger partial charge >= 0.3 is 0 Å². The minimum atomic E-state index is 0. The third-order valence-electron chi connectivity index (χ3n) is 3.31. The molecule has 0 spiro atoms. The molecule has 3 heteroatoms. The first-order valence-corrected chi connectivity index (χ1v) is 6.56. The first kappa shape index (κ1) is 15.1. The Morgan fingerprint density at radius 2 is 1.67 bits per heavy atom. The molecule has 0 aliphatic rings. The van der Waals surface area contributed by atoms with Crippen LogP contribution in [0.25, 0.3) is 22.6 Å². The zero-order valence-electron chi connectivity index (χ0n) is 11.7. The summed E-state index contributed by atoms with van der Waals surface area (Å²) in [6.07, 6.45) is 1.95. The van der Waals surface area contributed by atoms with Crippen molar-refractivity contribution in [3.63, 3.8) is 0 Å². The van der Waals surface area contributed by atoms with Gasteiger partial charge in [0.1, 0.15) is 5.75 Å². The van der Waals surface area contributed by atoms with Gasteiger partial charge < -0.3 is 5.11 Å². The highest BCUT2D eigenvalue weighted by atomic mass is 35.5. The number of pyridine rings is 1. The maximum atomic E-state index is 9.81. The van der Waals surface area contributed by atoms with Crippen molar-refractivity contribution in [2.24, 2.45) is 0 Å². The van der Waals surface area contributed by atoms with E-state index in [1.165, 1.54) is 0 Å². The summed E-state index contributed by atoms with van der Waals surface area (Å²) >= 11 is 0. The molecule has 2 aromatic carbocycles. The summed E-state index contributed by atoms with van der Waals surface area (Å²) in [5, 5.41) is 10.9. The molecule has 0 aliphatic carbocycles. The molecule has 0 atom stereocenters. The second-order valence-electron chi connectivity index (χ2n) is 4.78. The highest BCUT2D eigenvalue weighted by Gasteiger charge is 2.02. The van der Waals surface area contributed by atoms with Gasteiger partial charge in [-0.15, -0.1) is 12.4 Å². The molecule has 0 amide bonds. The molecule has 3 aromatic rings. The number of halogens is 1. The van der Waals surface area contributed by atoms with Crippen molar-refractivity contribution in [1.29, 1.82) is 0 Å². The van der Waals surface area contributed by atoms with Crippen LogP contribution in [0.5, 0.6) is 5.75 Å². The number of rotatable bonds is 2. The van der Waals surface area contributed by atoms with Gasteiger partial charge in [0.05, 0.1) is 11.2 Å². The van der Waals surface area contributed by atoms with Crippen LogP contribution in [0, 0.1) is 0 Å². The quantitative estimate of drug-likeness (QED) is 0.728. The van der Waals surface area contributed by atoms with E-state index in [0.717, 1.165) is 27.7 Å². The molecular weight excluding hydrogens is 282 g/mol. The minimum absolute atomic E-state index is 0. The van der Waals surface area contributed by atoms with E-state index in [2.05, 4.69) is 11.1 Å². The SMILES string of the molecule is C/C(=C\c1ccccc1O)c1ccc2ccccc2n1.Cl. The topological polar surface area (TPSA) is 33.1 Å². The van der Waals surface area contributed by atoms with Crippen LogP contribution < -0.4 is 0 Å². The van der Waals surface area contributed by atoms with Crippen LogP contribution >= 0.6 is 12.4 Å². The zero-order chi connectivity index (χ0) is 13.9. The highest BCUT2D eigenvalue weighted by Crippen LogP contribution is 2.23. The number of hydrogen-bond donors (Lipinski definition) is 1. The van der Waals surface area contributed by atoms with Crippen molar-refractivity contribution < 1.29 is 5.11 Å². The minimum Gasteiger partial charge on any atom is -0.507 e. The van der Waals surface area contributed by atoms with Crippen molar-refractivity contribution >= 4 is 35.0 Å². The standard InChI is InChI=1S/C18H15NO.ClH/c1-13(12-15-7-3-5-9-18(15)20)16-11-10-14-6-2-4-8-17(14)19-16;/h2-12,20H,1H3;1H/b13-12+;. The number of allylic oxidation sites excluding steroid dienone is 1. The Morgan fingerprint density at radius 3 is 2.48 bits per heavy atom. The van der Waals surface area contributed by atoms with Crippen molar-refractivity contribution in [1.82, 2.24) is 4.98 Å². The molecule has 0 saturated carbocycles. The third-order valence-corrected chi connectivity index (χ3v) is 3.31. The molecule has 0 bridgehead atoms. The van der Waals surface area contributed by atoms with Gasteiger partial charge in [0.25, 0.3) is 0 Å². The fourth-order valence-corrected chi connectivity index (χ4v) is 2.20. The van der Waals surface area contributed by atoms with Crippen LogP contribution in [0.15, 0.2) is 60.7 Å². The van der Waals surface area contributed by atoms with E-state index in [1.807, 2.05) is 61.5 Å². The smallest absolute Gasteiger partial charge is 0.122 e. The predicted octanol–water partition coefficient (Wildman–Crippen LogP) is 4.92. The second kappa shape index (κ2) is 6.42. The summed E-state index contributed by atoms with van der Waals surface area (Å²) < 4.78 is 0. The Hall–Kier alpha value is -2.32. The van der Waals surface area contributed by atoms with Crippen molar-refractivity contribution in [3.05, 3.63) is 71.9 Å². The van der Waals surface area contributed by atoms with Crippen molar-refractivity contribution in [3.8, 4) is 5.75 Å². The van der Waals surface area contributed by atoms with E-state index in [4.69, 9.17) is 0 Å². The normalized spacial score (nSPS) is 11.2. The van der Waals surface area contributed by atoms with Crippen LogP contribution in [0.1, 0.15) is 18.2 Å². The highest BCUT2D eigenvalue weighted by molar-refractivity contribution is 5.85. The number of hydrogen-bond acceptors (Lipinski definition) is 2. The van der Waals surface area contributed by atoms with Crippen LogP contribution in [0.3, 0.4) is 0 Å². The number of aromatic hydroxyl groups is 1. The molecule has 1 heterocycles. The molecule has 3 rings (SSSR count). The monoisotopic (exact) mass is 297 g/mol. The molecule has 0 saturated heterocycles. The molecule has 2 nitrogen and oxygen atoms in total. The third kappa shape index (κ3) is 3.23. The molecule has 0 unspecified atom stereocenters. The molecule has 1 aromatic heterocycles. The molecule has 0 radical (unpaired) electrons. The van der Waals surface area contributed by atoms with Crippen molar-refractivity contribution in [2.75, 3.05) is 0 Å². The first-order valence-electron chi connectivity index (χ1n) is 6.56. The zero-order valence-corrected chi connectivity index (χ0v) is 12.5. The average molecular weight is 298 g/mol. The van der Waals surface area contributed by atoms with Gasteiger partial charge in [0.2, 0.25) is 0 Å². The van der Waals surface area contributed by atoms with Crippen LogP contribution in [-0.2, 0) is 0 Å². The van der Waals surface area contributed by atoms with Gasteiger partial charge in [-0.3, -0.25) is 0 Å². The van der Waals surface area contributed by atoms with Crippen LogP contribution in [-0.4, -0.2) is 10.1 Å². The number of phenols is 1. The van der Waals surface area contributed by atoms with Crippen LogP contribution in [0.2, 0.25) is 0 Å². The summed E-state index contributed by atoms with van der Waals surface area (Å²) in [6, 6.07) is 19.4. The molecule has 106 valence electrons. The predicted molar refractivity (Wildman–Crippen MR) is 90.6 cm³/mol. The number of benzene rings is 2. The fourth-order valence-electron chi connectivity index (χ4n) is 2.20. The average Bonchev–Trinajstić information content (AvgIpc) is 2.49. The van der Waals surface area contributed by atoms with Crippen molar-refractivity contribution in [2.45, 2.75) is 6.92 Å². The summed E-state index contributed by atoms with van der Waals surface area (Å²) in [4.78, 5) is 4.65. The lowest BCUT2D eigenvalue weighted by atomic mass is 10.1. The molecule has 1 N–H and O–H groups in total. The number of fused-ring (bicyclic) bond motifs is 1. The lowest BCUT2D eigenvalue weighted by Gasteiger charge is -2.04. The van der Waals surface area contributed by atoms with E-state index in [1.54, 1.807) is 6.07 Å². The maximum Gasteiger partial charge on any atom is 0.122 e. The lowest BCUT2D eigenvalue weighted by Crippen LogP contribution is -1.87. The van der Waals surface area contributed by atoms with Gasteiger partial charge in [-0.25, -0.2) is 4.98 Å². The lowest BCUT2D eigenvalue weighted by molar-refractivity contribution is 0.474. The number of phenolic OH excluding ortho intramolecular Hbond substituents is 1. The first-order chi connectivity index (χ1) is 9.74. The molecule has 0 aliphatic heterocycles. The van der Waals surface area contributed by atoms with Gasteiger partial charge in [0.15, 0.2) is 0 Å². The Balaban J connectivity index is 0.00000161. The van der Waals surface area contributed by atoms with E-state index < -0.39 is 0 Å². The Bertz CT molecular complexity index is 796. The Morgan fingerprint density at radius 1 is 0.952 bits per heavy atom. The van der Waals surface area contributed by atoms with Gasteiger partial charge in [-0.05, 0) is 36.8 Å². The number of nitrogens with zero attached hydrogens (tertiary/aromatic N) is 1. The van der Waals surface area contributed by atoms with E-state index in [9.17, 15) is 5.11 Å². The Kier molecular flexibility index (Phi) is 4.61. The molecule has 21 heavy (non-hydrogen) atoms. The molecule has 0 fully saturated rings. The fraction of sp³-hybridized carbons (Fsp3) is 0.0556. The summed E-state index contributed by atoms with van der Waals surface area (Å²) in [5.74, 6) is 0.285. The van der Waals surface area contributed by atoms with Crippen LogP contribution in [0.4, 0.5) is 0 Å². The second-order valence-corrected chi connectivity index (χ2v) is 4.78. The summed E-state index contributed by atoms with van der Waals surface area (Å²) in [6.45, 7) is 2.00. The largest absolute Gasteiger partial charge is 0.507 e. The van der Waals surface area contributed by atoms with E-state index >= 15 is 0 Å².